The summed E-state index contributed by atoms with van der Waals surface area (Å²) < 4.78 is 19.0. The minimum atomic E-state index is -0.310. The standard InChI is InChI=1S/C16H17FN2O/c1-12-10-19(16-8-7-14(17)9-18-16)11-15(20-12)13-5-3-2-4-6-13/h2-9,12,15H,10-11H2,1H3/t12-,15+/m1/s1. The van der Waals surface area contributed by atoms with E-state index in [4.69, 9.17) is 4.74 Å². The van der Waals surface area contributed by atoms with Crippen molar-refractivity contribution in [1.29, 1.82) is 0 Å². The van der Waals surface area contributed by atoms with Gasteiger partial charge in [-0.1, -0.05) is 30.3 Å². The Bertz CT molecular complexity index is 558. The van der Waals surface area contributed by atoms with Crippen LogP contribution in [0.1, 0.15) is 18.6 Å². The highest BCUT2D eigenvalue weighted by molar-refractivity contribution is 5.39. The van der Waals surface area contributed by atoms with E-state index >= 15 is 0 Å². The molecule has 4 heteroatoms. The van der Waals surface area contributed by atoms with Crippen molar-refractivity contribution in [3.63, 3.8) is 0 Å². The molecular weight excluding hydrogens is 255 g/mol. The third kappa shape index (κ3) is 2.80. The Morgan fingerprint density at radius 2 is 1.95 bits per heavy atom. The third-order valence-electron chi connectivity index (χ3n) is 3.47. The molecule has 0 unspecified atom stereocenters. The highest BCUT2D eigenvalue weighted by Crippen LogP contribution is 2.27. The number of morpholine rings is 1. The van der Waals surface area contributed by atoms with Crippen LogP contribution in [0.5, 0.6) is 0 Å². The molecule has 1 aliphatic rings. The molecule has 3 rings (SSSR count). The first kappa shape index (κ1) is 13.1. The Morgan fingerprint density at radius 3 is 2.65 bits per heavy atom. The smallest absolute Gasteiger partial charge is 0.141 e. The van der Waals surface area contributed by atoms with Gasteiger partial charge in [0.2, 0.25) is 0 Å². The second-order valence-electron chi connectivity index (χ2n) is 5.09. The molecule has 0 aliphatic carbocycles. The average molecular weight is 272 g/mol. The zero-order valence-corrected chi connectivity index (χ0v) is 11.4. The van der Waals surface area contributed by atoms with Gasteiger partial charge in [-0.15, -0.1) is 0 Å². The van der Waals surface area contributed by atoms with Crippen LogP contribution < -0.4 is 4.90 Å². The number of ether oxygens (including phenoxy) is 1. The number of hydrogen-bond donors (Lipinski definition) is 0. The van der Waals surface area contributed by atoms with Crippen molar-refractivity contribution in [3.8, 4) is 0 Å². The SMILES string of the molecule is C[C@@H]1CN(c2ccc(F)cn2)C[C@@H](c2ccccc2)O1. The molecule has 2 aromatic rings. The van der Waals surface area contributed by atoms with Gasteiger partial charge in [-0.05, 0) is 24.6 Å². The molecule has 0 amide bonds. The van der Waals surface area contributed by atoms with E-state index in [1.165, 1.54) is 12.3 Å². The topological polar surface area (TPSA) is 25.4 Å². The van der Waals surface area contributed by atoms with Gasteiger partial charge < -0.3 is 9.64 Å². The van der Waals surface area contributed by atoms with Crippen LogP contribution >= 0.6 is 0 Å². The van der Waals surface area contributed by atoms with Gasteiger partial charge in [0.1, 0.15) is 17.7 Å². The van der Waals surface area contributed by atoms with Crippen molar-refractivity contribution in [2.45, 2.75) is 19.1 Å². The molecule has 1 aliphatic heterocycles. The van der Waals surface area contributed by atoms with Crippen LogP contribution in [0, 0.1) is 5.82 Å². The van der Waals surface area contributed by atoms with Crippen molar-refractivity contribution in [1.82, 2.24) is 4.98 Å². The molecule has 0 N–H and O–H groups in total. The number of anilines is 1. The van der Waals surface area contributed by atoms with E-state index in [-0.39, 0.29) is 18.0 Å². The molecule has 20 heavy (non-hydrogen) atoms. The fraction of sp³-hybridized carbons (Fsp3) is 0.312. The van der Waals surface area contributed by atoms with Crippen LogP contribution in [0.15, 0.2) is 48.7 Å². The van der Waals surface area contributed by atoms with Gasteiger partial charge in [0.25, 0.3) is 0 Å². The predicted octanol–water partition coefficient (Wildman–Crippen LogP) is 3.19. The predicted molar refractivity (Wildman–Crippen MR) is 76.1 cm³/mol. The largest absolute Gasteiger partial charge is 0.367 e. The zero-order valence-electron chi connectivity index (χ0n) is 11.4. The maximum Gasteiger partial charge on any atom is 0.141 e. The average Bonchev–Trinajstić information content (AvgIpc) is 2.48. The van der Waals surface area contributed by atoms with Crippen molar-refractivity contribution >= 4 is 5.82 Å². The first-order chi connectivity index (χ1) is 9.72. The highest BCUT2D eigenvalue weighted by Gasteiger charge is 2.27. The molecule has 0 radical (unpaired) electrons. The van der Waals surface area contributed by atoms with E-state index in [1.807, 2.05) is 25.1 Å². The molecule has 1 aromatic carbocycles. The number of halogens is 1. The van der Waals surface area contributed by atoms with Gasteiger partial charge in [0.05, 0.1) is 12.3 Å². The van der Waals surface area contributed by atoms with E-state index in [0.717, 1.165) is 24.5 Å². The lowest BCUT2D eigenvalue weighted by atomic mass is 10.1. The van der Waals surface area contributed by atoms with Crippen LogP contribution in [0.3, 0.4) is 0 Å². The van der Waals surface area contributed by atoms with Gasteiger partial charge in [-0.3, -0.25) is 0 Å². The summed E-state index contributed by atoms with van der Waals surface area (Å²) in [6.07, 6.45) is 1.39. The lowest BCUT2D eigenvalue weighted by Crippen LogP contribution is -2.43. The molecular formula is C16H17FN2O. The first-order valence-electron chi connectivity index (χ1n) is 6.79. The van der Waals surface area contributed by atoms with Gasteiger partial charge in [0.15, 0.2) is 0 Å². The quantitative estimate of drug-likeness (QED) is 0.839. The van der Waals surface area contributed by atoms with Crippen LogP contribution in [0.4, 0.5) is 10.2 Å². The summed E-state index contributed by atoms with van der Waals surface area (Å²) in [4.78, 5) is 6.30. The number of aromatic nitrogens is 1. The third-order valence-corrected chi connectivity index (χ3v) is 3.47. The molecule has 1 fully saturated rings. The maximum atomic E-state index is 13.0. The minimum absolute atomic E-state index is 0.0202. The Balaban J connectivity index is 1.81. The highest BCUT2D eigenvalue weighted by atomic mass is 19.1. The van der Waals surface area contributed by atoms with E-state index in [1.54, 1.807) is 6.07 Å². The molecule has 2 atom stereocenters. The van der Waals surface area contributed by atoms with E-state index in [2.05, 4.69) is 22.0 Å². The van der Waals surface area contributed by atoms with Gasteiger partial charge in [-0.2, -0.15) is 0 Å². The normalized spacial score (nSPS) is 22.8. The van der Waals surface area contributed by atoms with E-state index in [0.29, 0.717) is 0 Å². The van der Waals surface area contributed by atoms with Crippen LogP contribution in [0.25, 0.3) is 0 Å². The summed E-state index contributed by atoms with van der Waals surface area (Å²) in [7, 11) is 0. The monoisotopic (exact) mass is 272 g/mol. The summed E-state index contributed by atoms with van der Waals surface area (Å²) >= 11 is 0. The molecule has 2 heterocycles. The molecule has 0 bridgehead atoms. The summed E-state index contributed by atoms with van der Waals surface area (Å²) in [6, 6.07) is 13.3. The second-order valence-corrected chi connectivity index (χ2v) is 5.09. The van der Waals surface area contributed by atoms with Gasteiger partial charge in [0, 0.05) is 13.1 Å². The minimum Gasteiger partial charge on any atom is -0.367 e. The zero-order chi connectivity index (χ0) is 13.9. The lowest BCUT2D eigenvalue weighted by Gasteiger charge is -2.37. The van der Waals surface area contributed by atoms with Gasteiger partial charge >= 0.3 is 0 Å². The van der Waals surface area contributed by atoms with Crippen molar-refractivity contribution in [3.05, 3.63) is 60.0 Å². The Labute approximate surface area is 118 Å². The number of benzene rings is 1. The molecule has 3 nitrogen and oxygen atoms in total. The summed E-state index contributed by atoms with van der Waals surface area (Å²) in [5.41, 5.74) is 1.16. The number of rotatable bonds is 2. The fourth-order valence-corrected chi connectivity index (χ4v) is 2.55. The van der Waals surface area contributed by atoms with Crippen LogP contribution in [-0.2, 0) is 4.74 Å². The second kappa shape index (κ2) is 5.59. The summed E-state index contributed by atoms with van der Waals surface area (Å²) in [5.74, 6) is 0.483. The molecule has 104 valence electrons. The van der Waals surface area contributed by atoms with Crippen LogP contribution in [-0.4, -0.2) is 24.2 Å². The van der Waals surface area contributed by atoms with Gasteiger partial charge in [-0.25, -0.2) is 9.37 Å². The van der Waals surface area contributed by atoms with E-state index < -0.39 is 0 Å². The molecule has 0 spiro atoms. The summed E-state index contributed by atoms with van der Waals surface area (Å²) in [6.45, 7) is 3.54. The number of pyridine rings is 1. The van der Waals surface area contributed by atoms with Crippen molar-refractivity contribution < 1.29 is 9.13 Å². The number of nitrogens with zero attached hydrogens (tertiary/aromatic N) is 2. The Kier molecular flexibility index (Phi) is 3.65. The van der Waals surface area contributed by atoms with Crippen LogP contribution in [0.2, 0.25) is 0 Å². The fourth-order valence-electron chi connectivity index (χ4n) is 2.55. The number of hydrogen-bond acceptors (Lipinski definition) is 3. The molecule has 1 aromatic heterocycles. The Morgan fingerprint density at radius 1 is 1.15 bits per heavy atom. The van der Waals surface area contributed by atoms with Crippen molar-refractivity contribution in [2.24, 2.45) is 0 Å². The molecule has 0 saturated carbocycles. The Hall–Kier alpha value is -1.94. The maximum absolute atomic E-state index is 13.0. The van der Waals surface area contributed by atoms with E-state index in [9.17, 15) is 4.39 Å². The summed E-state index contributed by atoms with van der Waals surface area (Å²) in [5, 5.41) is 0. The molecule has 1 saturated heterocycles. The first-order valence-corrected chi connectivity index (χ1v) is 6.79. The van der Waals surface area contributed by atoms with Crippen molar-refractivity contribution in [2.75, 3.05) is 18.0 Å². The lowest BCUT2D eigenvalue weighted by molar-refractivity contribution is -0.0176.